The molecule has 0 aliphatic carbocycles. The van der Waals surface area contributed by atoms with Crippen molar-refractivity contribution in [3.63, 3.8) is 0 Å². The number of benzene rings is 1. The highest BCUT2D eigenvalue weighted by molar-refractivity contribution is 7.99. The molecular weight excluding hydrogens is 416 g/mol. The topological polar surface area (TPSA) is 61.4 Å². The molecule has 156 valence electrons. The minimum absolute atomic E-state index is 0.0978. The van der Waals surface area contributed by atoms with Gasteiger partial charge in [0.1, 0.15) is 0 Å². The maximum absolute atomic E-state index is 12.9. The lowest BCUT2D eigenvalue weighted by Gasteiger charge is -2.08. The van der Waals surface area contributed by atoms with Gasteiger partial charge in [0, 0.05) is 36.0 Å². The van der Waals surface area contributed by atoms with Crippen LogP contribution in [0.3, 0.4) is 0 Å². The Bertz CT molecular complexity index is 1190. The molecule has 0 aliphatic heterocycles. The molecule has 3 heterocycles. The summed E-state index contributed by atoms with van der Waals surface area (Å²) >= 11 is 2.99. The summed E-state index contributed by atoms with van der Waals surface area (Å²) in [6.07, 6.45) is 0. The highest BCUT2D eigenvalue weighted by Crippen LogP contribution is 2.30. The molecule has 0 amide bonds. The Morgan fingerprint density at radius 2 is 1.93 bits per heavy atom. The van der Waals surface area contributed by atoms with E-state index in [1.165, 1.54) is 17.3 Å². The molecule has 0 radical (unpaired) electrons. The number of fused-ring (bicyclic) bond motifs is 1. The van der Waals surface area contributed by atoms with E-state index in [-0.39, 0.29) is 5.78 Å². The lowest BCUT2D eigenvalue weighted by Crippen LogP contribution is -2.09. The second-order valence-electron chi connectivity index (χ2n) is 7.23. The van der Waals surface area contributed by atoms with E-state index in [9.17, 15) is 4.79 Å². The fourth-order valence-electron chi connectivity index (χ4n) is 3.53. The highest BCUT2D eigenvalue weighted by atomic mass is 32.2. The van der Waals surface area contributed by atoms with Gasteiger partial charge >= 0.3 is 0 Å². The predicted octanol–water partition coefficient (Wildman–Crippen LogP) is 4.81. The summed E-state index contributed by atoms with van der Waals surface area (Å²) in [4.78, 5) is 13.8. The van der Waals surface area contributed by atoms with Gasteiger partial charge in [-0.15, -0.1) is 21.5 Å². The van der Waals surface area contributed by atoms with Crippen LogP contribution in [0, 0.1) is 20.8 Å². The number of nitrogens with zero attached hydrogens (tertiary/aromatic N) is 4. The van der Waals surface area contributed by atoms with Crippen LogP contribution in [0.15, 0.2) is 40.9 Å². The van der Waals surface area contributed by atoms with E-state index in [0.29, 0.717) is 12.4 Å². The Morgan fingerprint density at radius 1 is 1.17 bits per heavy atom. The van der Waals surface area contributed by atoms with Crippen LogP contribution >= 0.6 is 23.1 Å². The number of rotatable bonds is 8. The molecule has 0 N–H and O–H groups in total. The molecule has 8 heteroatoms. The fourth-order valence-corrected chi connectivity index (χ4v) is 5.26. The molecule has 0 fully saturated rings. The summed E-state index contributed by atoms with van der Waals surface area (Å²) in [6.45, 7) is 7.45. The summed E-state index contributed by atoms with van der Waals surface area (Å²) in [5.41, 5.74) is 6.20. The number of hydrogen-bond donors (Lipinski definition) is 0. The number of ketones is 1. The van der Waals surface area contributed by atoms with Crippen LogP contribution in [-0.2, 0) is 11.3 Å². The second-order valence-corrected chi connectivity index (χ2v) is 9.01. The second kappa shape index (κ2) is 8.75. The quantitative estimate of drug-likeness (QED) is 0.291. The Hall–Kier alpha value is -2.42. The number of ether oxygens (including phenoxy) is 1. The zero-order valence-corrected chi connectivity index (χ0v) is 19.1. The van der Waals surface area contributed by atoms with E-state index in [4.69, 9.17) is 4.74 Å². The standard InChI is InChI=1S/C22H24N4O2S2/c1-14-5-7-17(8-6-14)19-12-29-21-23-24-22(26(19)21)30-13-20(27)18-11-15(2)25(16(18)3)9-10-28-4/h5-8,11-12H,9-10,13H2,1-4H3. The highest BCUT2D eigenvalue weighted by Gasteiger charge is 2.19. The number of Topliss-reactive ketones (excluding diaryl/α,β-unsaturated/α-hetero) is 1. The maximum Gasteiger partial charge on any atom is 0.217 e. The van der Waals surface area contributed by atoms with Crippen LogP contribution in [0.1, 0.15) is 27.3 Å². The molecule has 0 spiro atoms. The van der Waals surface area contributed by atoms with Crippen LogP contribution in [-0.4, -0.2) is 44.4 Å². The number of carbonyl (C=O) groups excluding carboxylic acids is 1. The molecule has 0 aliphatic rings. The van der Waals surface area contributed by atoms with Gasteiger partial charge < -0.3 is 9.30 Å². The molecule has 0 bridgehead atoms. The van der Waals surface area contributed by atoms with Crippen molar-refractivity contribution in [1.29, 1.82) is 0 Å². The number of aromatic nitrogens is 4. The Balaban J connectivity index is 1.55. The number of aryl methyl sites for hydroxylation is 2. The number of thiazole rings is 1. The van der Waals surface area contributed by atoms with Crippen molar-refractivity contribution in [2.45, 2.75) is 32.5 Å². The van der Waals surface area contributed by atoms with E-state index in [1.807, 2.05) is 24.3 Å². The summed E-state index contributed by atoms with van der Waals surface area (Å²) in [7, 11) is 1.69. The third kappa shape index (κ3) is 3.95. The molecule has 6 nitrogen and oxygen atoms in total. The van der Waals surface area contributed by atoms with Crippen molar-refractivity contribution in [2.24, 2.45) is 0 Å². The number of carbonyl (C=O) groups is 1. The van der Waals surface area contributed by atoms with Crippen molar-refractivity contribution >= 4 is 33.8 Å². The zero-order valence-electron chi connectivity index (χ0n) is 17.5. The van der Waals surface area contributed by atoms with Crippen molar-refractivity contribution in [3.05, 3.63) is 58.2 Å². The van der Waals surface area contributed by atoms with Crippen molar-refractivity contribution in [1.82, 2.24) is 19.2 Å². The van der Waals surface area contributed by atoms with Crippen molar-refractivity contribution in [2.75, 3.05) is 19.5 Å². The van der Waals surface area contributed by atoms with E-state index < -0.39 is 0 Å². The van der Waals surface area contributed by atoms with Gasteiger partial charge in [0.2, 0.25) is 4.96 Å². The third-order valence-corrected chi connectivity index (χ3v) is 6.94. The molecule has 0 saturated heterocycles. The smallest absolute Gasteiger partial charge is 0.217 e. The minimum Gasteiger partial charge on any atom is -0.383 e. The van der Waals surface area contributed by atoms with Gasteiger partial charge in [-0.05, 0) is 32.4 Å². The normalized spacial score (nSPS) is 11.5. The average molecular weight is 441 g/mol. The Kier molecular flexibility index (Phi) is 6.08. The van der Waals surface area contributed by atoms with Gasteiger partial charge in [0.05, 0.1) is 18.1 Å². The van der Waals surface area contributed by atoms with Crippen molar-refractivity contribution in [3.8, 4) is 11.3 Å². The Labute approximate surface area is 183 Å². The summed E-state index contributed by atoms with van der Waals surface area (Å²) in [5.74, 6) is 0.416. The molecule has 0 saturated carbocycles. The summed E-state index contributed by atoms with van der Waals surface area (Å²) in [6, 6.07) is 10.4. The SMILES string of the molecule is COCCn1c(C)cc(C(=O)CSc2nnc3scc(-c4ccc(C)cc4)n23)c1C. The first-order valence-corrected chi connectivity index (χ1v) is 11.6. The molecule has 4 rings (SSSR count). The first kappa shape index (κ1) is 20.8. The fraction of sp³-hybridized carbons (Fsp3) is 0.318. The van der Waals surface area contributed by atoms with Crippen LogP contribution < -0.4 is 0 Å². The van der Waals surface area contributed by atoms with Gasteiger partial charge in [0.25, 0.3) is 0 Å². The minimum atomic E-state index is 0.0978. The third-order valence-electron chi connectivity index (χ3n) is 5.19. The Morgan fingerprint density at radius 3 is 2.67 bits per heavy atom. The van der Waals surface area contributed by atoms with Crippen LogP contribution in [0.25, 0.3) is 16.2 Å². The molecule has 4 aromatic rings. The van der Waals surface area contributed by atoms with Gasteiger partial charge in [-0.3, -0.25) is 9.20 Å². The van der Waals surface area contributed by atoms with Gasteiger partial charge in [-0.25, -0.2) is 0 Å². The van der Waals surface area contributed by atoms with Crippen molar-refractivity contribution < 1.29 is 9.53 Å². The maximum atomic E-state index is 12.9. The van der Waals surface area contributed by atoms with E-state index in [1.54, 1.807) is 18.4 Å². The summed E-state index contributed by atoms with van der Waals surface area (Å²) in [5, 5.41) is 11.4. The number of hydrogen-bond acceptors (Lipinski definition) is 6. The van der Waals surface area contributed by atoms with Crippen LogP contribution in [0.4, 0.5) is 0 Å². The van der Waals surface area contributed by atoms with Crippen LogP contribution in [0.2, 0.25) is 0 Å². The molecule has 0 unspecified atom stereocenters. The lowest BCUT2D eigenvalue weighted by atomic mass is 10.1. The van der Waals surface area contributed by atoms with Gasteiger partial charge in [-0.1, -0.05) is 41.6 Å². The molecule has 30 heavy (non-hydrogen) atoms. The van der Waals surface area contributed by atoms with Gasteiger partial charge in [-0.2, -0.15) is 0 Å². The van der Waals surface area contributed by atoms with E-state index in [2.05, 4.69) is 51.3 Å². The monoisotopic (exact) mass is 440 g/mol. The number of methoxy groups -OCH3 is 1. The predicted molar refractivity (Wildman–Crippen MR) is 122 cm³/mol. The number of thioether (sulfide) groups is 1. The summed E-state index contributed by atoms with van der Waals surface area (Å²) < 4.78 is 9.35. The van der Waals surface area contributed by atoms with Crippen LogP contribution in [0.5, 0.6) is 0 Å². The lowest BCUT2D eigenvalue weighted by molar-refractivity contribution is 0.102. The molecular formula is C22H24N4O2S2. The zero-order chi connectivity index (χ0) is 21.3. The average Bonchev–Trinajstić information content (AvgIpc) is 3.40. The van der Waals surface area contributed by atoms with E-state index in [0.717, 1.165) is 44.9 Å². The molecule has 0 atom stereocenters. The molecule has 3 aromatic heterocycles. The van der Waals surface area contributed by atoms with Gasteiger partial charge in [0.15, 0.2) is 10.9 Å². The first-order chi connectivity index (χ1) is 14.5. The first-order valence-electron chi connectivity index (χ1n) is 9.71. The molecule has 1 aromatic carbocycles. The largest absolute Gasteiger partial charge is 0.383 e. The van der Waals surface area contributed by atoms with E-state index >= 15 is 0 Å².